The summed E-state index contributed by atoms with van der Waals surface area (Å²) in [4.78, 5) is 25.6. The maximum absolute atomic E-state index is 12.5. The van der Waals surface area contributed by atoms with Crippen molar-refractivity contribution in [1.29, 1.82) is 0 Å². The minimum Gasteiger partial charge on any atom is -0.496 e. The Labute approximate surface area is 122 Å². The van der Waals surface area contributed by atoms with E-state index in [1.165, 1.54) is 14.2 Å². The molecule has 1 fully saturated rings. The highest BCUT2D eigenvalue weighted by molar-refractivity contribution is 5.97. The number of hydrogen-bond donors (Lipinski definition) is 1. The first-order valence-corrected chi connectivity index (χ1v) is 6.49. The van der Waals surface area contributed by atoms with Gasteiger partial charge in [-0.25, -0.2) is 4.79 Å². The molecule has 21 heavy (non-hydrogen) atoms. The normalized spacial score (nSPS) is 18.2. The summed E-state index contributed by atoms with van der Waals surface area (Å²) in [7, 11) is 2.76. The maximum Gasteiger partial charge on any atom is 0.336 e. The summed E-state index contributed by atoms with van der Waals surface area (Å²) in [6.45, 7) is 0.835. The maximum atomic E-state index is 12.5. The average molecular weight is 294 g/mol. The second-order valence-corrected chi connectivity index (χ2v) is 4.59. The van der Waals surface area contributed by atoms with Crippen molar-refractivity contribution in [3.05, 3.63) is 23.8 Å². The third-order valence-corrected chi connectivity index (χ3v) is 3.27. The molecule has 2 rings (SSSR count). The molecule has 1 atom stereocenters. The van der Waals surface area contributed by atoms with Gasteiger partial charge in [0.1, 0.15) is 5.75 Å². The Morgan fingerprint density at radius 1 is 1.38 bits per heavy atom. The smallest absolute Gasteiger partial charge is 0.336 e. The average Bonchev–Trinajstić information content (AvgIpc) is 2.53. The number of nitrogens with zero attached hydrogens (tertiary/aromatic N) is 1. The first kappa shape index (κ1) is 15.1. The molecule has 1 heterocycles. The molecule has 0 spiro atoms. The zero-order valence-electron chi connectivity index (χ0n) is 12.0. The van der Waals surface area contributed by atoms with Crippen LogP contribution in [0.25, 0.3) is 0 Å². The van der Waals surface area contributed by atoms with E-state index in [4.69, 9.17) is 15.2 Å². The van der Waals surface area contributed by atoms with Crippen molar-refractivity contribution < 1.29 is 23.8 Å². The summed E-state index contributed by atoms with van der Waals surface area (Å²) < 4.78 is 15.1. The lowest BCUT2D eigenvalue weighted by atomic mass is 10.1. The summed E-state index contributed by atoms with van der Waals surface area (Å²) in [5, 5.41) is 0. The summed E-state index contributed by atoms with van der Waals surface area (Å²) in [6, 6.07) is 4.83. The fraction of sp³-hybridized carbons (Fsp3) is 0.429. The van der Waals surface area contributed by atoms with Gasteiger partial charge in [0.05, 0.1) is 32.9 Å². The first-order chi connectivity index (χ1) is 10.1. The molecule has 1 aromatic rings. The number of ether oxygens (including phenoxy) is 3. The van der Waals surface area contributed by atoms with Gasteiger partial charge >= 0.3 is 5.97 Å². The van der Waals surface area contributed by atoms with E-state index in [0.29, 0.717) is 23.5 Å². The van der Waals surface area contributed by atoms with Gasteiger partial charge in [-0.15, -0.1) is 0 Å². The van der Waals surface area contributed by atoms with E-state index in [-0.39, 0.29) is 19.1 Å². The number of hydrogen-bond acceptors (Lipinski definition) is 6. The van der Waals surface area contributed by atoms with Gasteiger partial charge in [0.15, 0.2) is 6.10 Å². The Morgan fingerprint density at radius 2 is 2.14 bits per heavy atom. The Hall–Kier alpha value is -2.28. The molecule has 0 bridgehead atoms. The summed E-state index contributed by atoms with van der Waals surface area (Å²) in [6.07, 6.45) is -0.757. The number of morpholine rings is 1. The number of nitrogen functional groups attached to an aromatic ring is 1. The van der Waals surface area contributed by atoms with E-state index in [0.717, 1.165) is 0 Å². The van der Waals surface area contributed by atoms with Crippen LogP contribution in [-0.2, 0) is 14.3 Å². The first-order valence-electron chi connectivity index (χ1n) is 6.49. The number of nitrogens with two attached hydrogens (primary N) is 1. The van der Waals surface area contributed by atoms with Crippen molar-refractivity contribution in [2.75, 3.05) is 39.6 Å². The molecule has 0 radical (unpaired) electrons. The minimum absolute atomic E-state index is 0.152. The molecule has 0 aromatic heterocycles. The molecule has 7 heteroatoms. The van der Waals surface area contributed by atoms with Crippen LogP contribution < -0.4 is 10.5 Å². The van der Waals surface area contributed by atoms with Crippen LogP contribution in [0, 0.1) is 0 Å². The quantitative estimate of drug-likeness (QED) is 0.636. The Morgan fingerprint density at radius 3 is 2.81 bits per heavy atom. The summed E-state index contributed by atoms with van der Waals surface area (Å²) in [5.41, 5.74) is 6.59. The minimum atomic E-state index is -0.757. The molecule has 1 unspecified atom stereocenters. The molecule has 114 valence electrons. The largest absolute Gasteiger partial charge is 0.496 e. The van der Waals surface area contributed by atoms with Crippen LogP contribution in [0.4, 0.5) is 5.69 Å². The number of benzene rings is 1. The van der Waals surface area contributed by atoms with Crippen molar-refractivity contribution in [3.8, 4) is 5.75 Å². The molecule has 0 saturated carbocycles. The van der Waals surface area contributed by atoms with Crippen molar-refractivity contribution in [2.24, 2.45) is 0 Å². The highest BCUT2D eigenvalue weighted by atomic mass is 16.6. The van der Waals surface area contributed by atoms with E-state index >= 15 is 0 Å². The lowest BCUT2D eigenvalue weighted by Gasteiger charge is -2.31. The molecule has 1 aromatic carbocycles. The Balaban J connectivity index is 2.18. The van der Waals surface area contributed by atoms with E-state index in [1.54, 1.807) is 23.1 Å². The molecule has 1 saturated heterocycles. The van der Waals surface area contributed by atoms with Crippen molar-refractivity contribution in [3.63, 3.8) is 0 Å². The highest BCUT2D eigenvalue weighted by Gasteiger charge is 2.31. The Kier molecular flexibility index (Phi) is 4.64. The van der Waals surface area contributed by atoms with Crippen LogP contribution >= 0.6 is 0 Å². The van der Waals surface area contributed by atoms with Gasteiger partial charge < -0.3 is 24.8 Å². The van der Waals surface area contributed by atoms with Crippen LogP contribution in [0.5, 0.6) is 5.75 Å². The fourth-order valence-electron chi connectivity index (χ4n) is 2.16. The third-order valence-electron chi connectivity index (χ3n) is 3.27. The SMILES string of the molecule is COC(=O)C1CN(C(=O)c2ccc(N)cc2OC)CCO1. The van der Waals surface area contributed by atoms with Gasteiger partial charge in [0.25, 0.3) is 5.91 Å². The van der Waals surface area contributed by atoms with E-state index < -0.39 is 12.1 Å². The number of carbonyl (C=O) groups excluding carboxylic acids is 2. The number of methoxy groups -OCH3 is 2. The predicted octanol–water partition coefficient (Wildman–Crippen LogP) is 0.291. The third kappa shape index (κ3) is 3.25. The van der Waals surface area contributed by atoms with Crippen molar-refractivity contribution in [1.82, 2.24) is 4.90 Å². The van der Waals surface area contributed by atoms with Crippen LogP contribution in [0.2, 0.25) is 0 Å². The number of anilines is 1. The fourth-order valence-corrected chi connectivity index (χ4v) is 2.16. The second-order valence-electron chi connectivity index (χ2n) is 4.59. The highest BCUT2D eigenvalue weighted by Crippen LogP contribution is 2.24. The molecule has 1 aliphatic rings. The van der Waals surface area contributed by atoms with Crippen LogP contribution in [0.3, 0.4) is 0 Å². The second kappa shape index (κ2) is 6.45. The monoisotopic (exact) mass is 294 g/mol. The van der Waals surface area contributed by atoms with Crippen molar-refractivity contribution in [2.45, 2.75) is 6.10 Å². The standard InChI is InChI=1S/C14H18N2O5/c1-19-11-7-9(15)3-4-10(11)13(17)16-5-6-21-12(8-16)14(18)20-2/h3-4,7,12H,5-6,8,15H2,1-2H3. The van der Waals surface area contributed by atoms with Gasteiger partial charge in [0.2, 0.25) is 0 Å². The number of esters is 1. The molecule has 7 nitrogen and oxygen atoms in total. The van der Waals surface area contributed by atoms with Gasteiger partial charge in [-0.3, -0.25) is 4.79 Å². The van der Waals surface area contributed by atoms with Gasteiger partial charge in [-0.1, -0.05) is 0 Å². The lowest BCUT2D eigenvalue weighted by Crippen LogP contribution is -2.49. The van der Waals surface area contributed by atoms with E-state index in [1.807, 2.05) is 0 Å². The topological polar surface area (TPSA) is 91.1 Å². The number of rotatable bonds is 3. The van der Waals surface area contributed by atoms with Gasteiger partial charge in [0, 0.05) is 18.3 Å². The van der Waals surface area contributed by atoms with Crippen LogP contribution in [-0.4, -0.2) is 56.8 Å². The number of carbonyl (C=O) groups is 2. The van der Waals surface area contributed by atoms with Gasteiger partial charge in [-0.05, 0) is 12.1 Å². The molecule has 0 aliphatic carbocycles. The lowest BCUT2D eigenvalue weighted by molar-refractivity contribution is -0.158. The van der Waals surface area contributed by atoms with Crippen LogP contribution in [0.1, 0.15) is 10.4 Å². The Bertz CT molecular complexity index is 546. The zero-order chi connectivity index (χ0) is 15.4. The molecular formula is C14H18N2O5. The molecule has 1 amide bonds. The van der Waals surface area contributed by atoms with E-state index in [9.17, 15) is 9.59 Å². The molecule has 1 aliphatic heterocycles. The van der Waals surface area contributed by atoms with Gasteiger partial charge in [-0.2, -0.15) is 0 Å². The van der Waals surface area contributed by atoms with E-state index in [2.05, 4.69) is 4.74 Å². The molecular weight excluding hydrogens is 276 g/mol. The van der Waals surface area contributed by atoms with Crippen molar-refractivity contribution >= 4 is 17.6 Å². The predicted molar refractivity (Wildman–Crippen MR) is 75.1 cm³/mol. The van der Waals surface area contributed by atoms with Crippen LogP contribution in [0.15, 0.2) is 18.2 Å². The zero-order valence-corrected chi connectivity index (χ0v) is 12.0. The summed E-state index contributed by atoms with van der Waals surface area (Å²) in [5.74, 6) is -0.318. The number of amides is 1. The summed E-state index contributed by atoms with van der Waals surface area (Å²) >= 11 is 0. The molecule has 2 N–H and O–H groups in total.